The number of hydrogen-bond acceptors (Lipinski definition) is 6. The van der Waals surface area contributed by atoms with Crippen molar-refractivity contribution in [1.29, 1.82) is 0 Å². The van der Waals surface area contributed by atoms with E-state index in [4.69, 9.17) is 4.52 Å². The monoisotopic (exact) mass is 410 g/mol. The van der Waals surface area contributed by atoms with Crippen LogP contribution in [-0.2, 0) is 21.2 Å². The molecule has 0 atom stereocenters. The van der Waals surface area contributed by atoms with Crippen molar-refractivity contribution in [1.82, 2.24) is 19.8 Å². The van der Waals surface area contributed by atoms with Crippen molar-refractivity contribution in [2.24, 2.45) is 5.92 Å². The Labute approximate surface area is 163 Å². The Morgan fingerprint density at radius 2 is 1.96 bits per heavy atom. The molecule has 1 aromatic carbocycles. The molecule has 152 valence electrons. The summed E-state index contributed by atoms with van der Waals surface area (Å²) in [5.74, 6) is 0.363. The number of hydrogen-bond donors (Lipinski definition) is 1. The fourth-order valence-corrected chi connectivity index (χ4v) is 4.62. The molecule has 1 amide bonds. The van der Waals surface area contributed by atoms with Gasteiger partial charge in [0.15, 0.2) is 5.82 Å². The van der Waals surface area contributed by atoms with Crippen LogP contribution >= 0.6 is 0 Å². The third-order valence-corrected chi connectivity index (χ3v) is 6.63. The molecule has 0 radical (unpaired) electrons. The predicted molar refractivity (Wildman–Crippen MR) is 98.2 cm³/mol. The van der Waals surface area contributed by atoms with Gasteiger partial charge in [0.05, 0.1) is 4.90 Å². The molecule has 1 N–H and O–H groups in total. The lowest BCUT2D eigenvalue weighted by Gasteiger charge is -2.30. The Kier molecular flexibility index (Phi) is 6.40. The van der Waals surface area contributed by atoms with E-state index in [1.165, 1.54) is 16.4 Å². The van der Waals surface area contributed by atoms with Crippen LogP contribution in [0.4, 0.5) is 4.39 Å². The topological polar surface area (TPSA) is 105 Å². The number of amides is 1. The Bertz CT molecular complexity index is 906. The fourth-order valence-electron chi connectivity index (χ4n) is 3.15. The summed E-state index contributed by atoms with van der Waals surface area (Å²) < 4.78 is 44.6. The fraction of sp³-hybridized carbons (Fsp3) is 0.500. The van der Waals surface area contributed by atoms with Crippen molar-refractivity contribution in [3.8, 4) is 0 Å². The minimum Gasteiger partial charge on any atom is -0.356 e. The Balaban J connectivity index is 1.44. The standard InChI is InChI=1S/C18H23FN4O4S/c1-13-21-17(27-22-13)3-2-10-20-18(24)14-8-11-23(12-9-14)28(25,26)16-6-4-15(19)5-7-16/h4-7,14H,2-3,8-12H2,1H3,(H,20,24). The second kappa shape index (κ2) is 8.78. The Hall–Kier alpha value is -2.33. The summed E-state index contributed by atoms with van der Waals surface area (Å²) in [6.45, 7) is 2.77. The van der Waals surface area contributed by atoms with E-state index < -0.39 is 15.8 Å². The maximum Gasteiger partial charge on any atom is 0.243 e. The Morgan fingerprint density at radius 3 is 2.57 bits per heavy atom. The van der Waals surface area contributed by atoms with E-state index in [0.29, 0.717) is 43.9 Å². The molecular formula is C18H23FN4O4S. The van der Waals surface area contributed by atoms with Crippen molar-refractivity contribution in [2.75, 3.05) is 19.6 Å². The highest BCUT2D eigenvalue weighted by molar-refractivity contribution is 7.89. The third-order valence-electron chi connectivity index (χ3n) is 4.71. The predicted octanol–water partition coefficient (Wildman–Crippen LogP) is 1.67. The van der Waals surface area contributed by atoms with Crippen molar-refractivity contribution in [3.05, 3.63) is 41.8 Å². The van der Waals surface area contributed by atoms with Gasteiger partial charge in [0.1, 0.15) is 5.82 Å². The number of carbonyl (C=O) groups is 1. The zero-order valence-corrected chi connectivity index (χ0v) is 16.4. The number of aryl methyl sites for hydroxylation is 2. The highest BCUT2D eigenvalue weighted by atomic mass is 32.2. The van der Waals surface area contributed by atoms with Crippen LogP contribution in [0.2, 0.25) is 0 Å². The molecule has 1 aromatic heterocycles. The summed E-state index contributed by atoms with van der Waals surface area (Å²) in [6.07, 6.45) is 2.19. The summed E-state index contributed by atoms with van der Waals surface area (Å²) in [5, 5.41) is 6.59. The molecule has 8 nitrogen and oxygen atoms in total. The van der Waals surface area contributed by atoms with Gasteiger partial charge < -0.3 is 9.84 Å². The largest absolute Gasteiger partial charge is 0.356 e. The first-order valence-corrected chi connectivity index (χ1v) is 10.6. The van der Waals surface area contributed by atoms with Crippen LogP contribution < -0.4 is 5.32 Å². The lowest BCUT2D eigenvalue weighted by atomic mass is 9.97. The number of sulfonamides is 1. The van der Waals surface area contributed by atoms with Gasteiger partial charge in [-0.05, 0) is 50.5 Å². The molecule has 1 aliphatic rings. The first kappa shape index (κ1) is 20.4. The molecule has 28 heavy (non-hydrogen) atoms. The van der Waals surface area contributed by atoms with Crippen LogP contribution in [0.5, 0.6) is 0 Å². The number of halogens is 1. The van der Waals surface area contributed by atoms with Crippen LogP contribution in [0.15, 0.2) is 33.7 Å². The van der Waals surface area contributed by atoms with Crippen LogP contribution in [0.3, 0.4) is 0 Å². The molecule has 1 aliphatic heterocycles. The highest BCUT2D eigenvalue weighted by Crippen LogP contribution is 2.24. The van der Waals surface area contributed by atoms with Gasteiger partial charge in [0, 0.05) is 32.0 Å². The quantitative estimate of drug-likeness (QED) is 0.696. The molecule has 1 fully saturated rings. The summed E-state index contributed by atoms with van der Waals surface area (Å²) in [5.41, 5.74) is 0. The third kappa shape index (κ3) is 4.93. The minimum absolute atomic E-state index is 0.0630. The van der Waals surface area contributed by atoms with Crippen molar-refractivity contribution in [3.63, 3.8) is 0 Å². The van der Waals surface area contributed by atoms with Crippen LogP contribution in [0, 0.1) is 18.7 Å². The van der Waals surface area contributed by atoms with Gasteiger partial charge in [-0.1, -0.05) is 5.16 Å². The molecule has 3 rings (SSSR count). The van der Waals surface area contributed by atoms with Crippen LogP contribution in [0.25, 0.3) is 0 Å². The van der Waals surface area contributed by atoms with Crippen molar-refractivity contribution in [2.45, 2.75) is 37.5 Å². The van der Waals surface area contributed by atoms with Gasteiger partial charge in [-0.25, -0.2) is 12.8 Å². The van der Waals surface area contributed by atoms with Crippen molar-refractivity contribution < 1.29 is 22.1 Å². The van der Waals surface area contributed by atoms with Crippen LogP contribution in [-0.4, -0.2) is 48.4 Å². The van der Waals surface area contributed by atoms with Gasteiger partial charge in [0.2, 0.25) is 21.8 Å². The molecule has 0 spiro atoms. The summed E-state index contributed by atoms with van der Waals surface area (Å²) >= 11 is 0. The number of carbonyl (C=O) groups excluding carboxylic acids is 1. The molecule has 0 bridgehead atoms. The summed E-state index contributed by atoms with van der Waals surface area (Å²) in [6, 6.07) is 4.77. The van der Waals surface area contributed by atoms with Gasteiger partial charge in [0.25, 0.3) is 0 Å². The smallest absolute Gasteiger partial charge is 0.243 e. The van der Waals surface area contributed by atoms with E-state index in [0.717, 1.165) is 12.1 Å². The molecule has 10 heteroatoms. The molecular weight excluding hydrogens is 387 g/mol. The lowest BCUT2D eigenvalue weighted by Crippen LogP contribution is -2.43. The van der Waals surface area contributed by atoms with E-state index >= 15 is 0 Å². The lowest BCUT2D eigenvalue weighted by molar-refractivity contribution is -0.126. The zero-order chi connectivity index (χ0) is 20.1. The maximum absolute atomic E-state index is 13.0. The molecule has 2 heterocycles. The van der Waals surface area contributed by atoms with E-state index in [1.54, 1.807) is 6.92 Å². The zero-order valence-electron chi connectivity index (χ0n) is 15.6. The summed E-state index contributed by atoms with van der Waals surface area (Å²) in [7, 11) is -3.67. The van der Waals surface area contributed by atoms with Crippen molar-refractivity contribution >= 4 is 15.9 Å². The SMILES string of the molecule is Cc1noc(CCCNC(=O)C2CCN(S(=O)(=O)c3ccc(F)cc3)CC2)n1. The first-order valence-electron chi connectivity index (χ1n) is 9.19. The number of piperidine rings is 1. The first-order chi connectivity index (χ1) is 13.4. The number of aromatic nitrogens is 2. The number of rotatable bonds is 7. The molecule has 0 unspecified atom stereocenters. The Morgan fingerprint density at radius 1 is 1.29 bits per heavy atom. The molecule has 0 saturated carbocycles. The molecule has 0 aliphatic carbocycles. The average molecular weight is 410 g/mol. The highest BCUT2D eigenvalue weighted by Gasteiger charge is 2.31. The number of nitrogens with one attached hydrogen (secondary N) is 1. The maximum atomic E-state index is 13.0. The summed E-state index contributed by atoms with van der Waals surface area (Å²) in [4.78, 5) is 16.5. The number of benzene rings is 1. The normalized spacial score (nSPS) is 16.2. The second-order valence-corrected chi connectivity index (χ2v) is 8.70. The average Bonchev–Trinajstić information content (AvgIpc) is 3.10. The van der Waals surface area contributed by atoms with E-state index in [2.05, 4.69) is 15.5 Å². The molecule has 1 saturated heterocycles. The minimum atomic E-state index is -3.67. The van der Waals surface area contributed by atoms with Gasteiger partial charge in [-0.3, -0.25) is 4.79 Å². The van der Waals surface area contributed by atoms with E-state index in [-0.39, 0.29) is 29.8 Å². The number of nitrogens with zero attached hydrogens (tertiary/aromatic N) is 3. The van der Waals surface area contributed by atoms with Crippen LogP contribution in [0.1, 0.15) is 31.0 Å². The molecule has 2 aromatic rings. The second-order valence-electron chi connectivity index (χ2n) is 6.76. The van der Waals surface area contributed by atoms with E-state index in [9.17, 15) is 17.6 Å². The van der Waals surface area contributed by atoms with Gasteiger partial charge in [-0.15, -0.1) is 0 Å². The van der Waals surface area contributed by atoms with Gasteiger partial charge >= 0.3 is 0 Å². The van der Waals surface area contributed by atoms with Gasteiger partial charge in [-0.2, -0.15) is 9.29 Å². The van der Waals surface area contributed by atoms with E-state index in [1.807, 2.05) is 0 Å².